The number of carbonyl (C=O) groups is 1. The third kappa shape index (κ3) is 6.92. The van der Waals surface area contributed by atoms with Gasteiger partial charge in [0.2, 0.25) is 0 Å². The molecule has 0 saturated heterocycles. The maximum atomic E-state index is 11.8. The molecule has 6 heteroatoms. The number of amides is 1. The van der Waals surface area contributed by atoms with Crippen LogP contribution in [0, 0.1) is 0 Å². The van der Waals surface area contributed by atoms with Gasteiger partial charge in [-0.05, 0) is 42.6 Å². The molecule has 0 bridgehead atoms. The summed E-state index contributed by atoms with van der Waals surface area (Å²) in [4.78, 5) is 11.8. The van der Waals surface area contributed by atoms with E-state index in [0.29, 0.717) is 13.0 Å². The predicted octanol–water partition coefficient (Wildman–Crippen LogP) is 3.84. The number of hydrogen-bond acceptors (Lipinski definition) is 4. The van der Waals surface area contributed by atoms with Crippen LogP contribution >= 0.6 is 0 Å². The van der Waals surface area contributed by atoms with Crippen LogP contribution in [0.3, 0.4) is 0 Å². The fourth-order valence-electron chi connectivity index (χ4n) is 3.73. The fourth-order valence-corrected chi connectivity index (χ4v) is 8.31. The van der Waals surface area contributed by atoms with Crippen LogP contribution in [0.2, 0.25) is 5.04 Å². The molecule has 0 aliphatic heterocycles. The molecule has 0 fully saturated rings. The molecule has 170 valence electrons. The smallest absolute Gasteiger partial charge is 0.407 e. The van der Waals surface area contributed by atoms with Gasteiger partial charge in [0.25, 0.3) is 8.32 Å². The van der Waals surface area contributed by atoms with E-state index in [-0.39, 0.29) is 11.6 Å². The van der Waals surface area contributed by atoms with Gasteiger partial charge in [-0.3, -0.25) is 0 Å². The van der Waals surface area contributed by atoms with E-state index in [4.69, 9.17) is 9.16 Å². The number of benzene rings is 2. The van der Waals surface area contributed by atoms with Crippen molar-refractivity contribution in [2.24, 2.45) is 0 Å². The molecule has 2 aromatic carbocycles. The third-order valence-electron chi connectivity index (χ3n) is 5.07. The normalized spacial score (nSPS) is 13.5. The van der Waals surface area contributed by atoms with Gasteiger partial charge in [0.05, 0.1) is 6.10 Å². The summed E-state index contributed by atoms with van der Waals surface area (Å²) in [7, 11) is -2.62. The van der Waals surface area contributed by atoms with E-state index in [9.17, 15) is 9.90 Å². The van der Waals surface area contributed by atoms with Crippen molar-refractivity contribution in [3.63, 3.8) is 0 Å². The molecular weight excluding hydrogens is 406 g/mol. The number of carbonyl (C=O) groups excluding carboxylic acids is 1. The lowest BCUT2D eigenvalue weighted by molar-refractivity contribution is 0.0480. The molecule has 31 heavy (non-hydrogen) atoms. The molecule has 2 aromatic rings. The van der Waals surface area contributed by atoms with Crippen molar-refractivity contribution in [3.8, 4) is 0 Å². The van der Waals surface area contributed by atoms with Crippen LogP contribution in [0.4, 0.5) is 4.79 Å². The molecule has 0 heterocycles. The van der Waals surface area contributed by atoms with E-state index in [0.717, 1.165) is 0 Å². The van der Waals surface area contributed by atoms with Gasteiger partial charge in [-0.15, -0.1) is 0 Å². The molecule has 5 nitrogen and oxygen atoms in total. The molecule has 1 amide bonds. The Morgan fingerprint density at radius 3 is 1.84 bits per heavy atom. The summed E-state index contributed by atoms with van der Waals surface area (Å²) >= 11 is 0. The second-order valence-corrected chi connectivity index (χ2v) is 14.1. The highest BCUT2D eigenvalue weighted by molar-refractivity contribution is 6.99. The monoisotopic (exact) mass is 443 g/mol. The number of hydrogen-bond donors (Lipinski definition) is 2. The highest BCUT2D eigenvalue weighted by Crippen LogP contribution is 2.36. The van der Waals surface area contributed by atoms with Crippen molar-refractivity contribution in [1.29, 1.82) is 0 Å². The standard InChI is InChI=1S/C25H37NO4Si/c1-24(2,3)30-23(28)26-19-20(27)17-18-29-31(25(4,5)6,21-13-9-7-10-14-21)22-15-11-8-12-16-22/h7-16,20,27H,17-19H2,1-6H3,(H,26,28). The molecular formula is C25H37NO4Si. The second kappa shape index (κ2) is 10.4. The molecule has 0 radical (unpaired) electrons. The first-order chi connectivity index (χ1) is 14.5. The maximum Gasteiger partial charge on any atom is 0.407 e. The molecule has 0 aliphatic rings. The second-order valence-electron chi connectivity index (χ2n) is 9.84. The Labute approximate surface area is 187 Å². The van der Waals surface area contributed by atoms with Gasteiger partial charge in [-0.2, -0.15) is 0 Å². The molecule has 0 saturated carbocycles. The molecule has 1 atom stereocenters. The Morgan fingerprint density at radius 1 is 0.935 bits per heavy atom. The molecule has 0 aromatic heterocycles. The largest absolute Gasteiger partial charge is 0.444 e. The van der Waals surface area contributed by atoms with E-state index in [1.807, 2.05) is 12.1 Å². The Bertz CT molecular complexity index is 773. The highest BCUT2D eigenvalue weighted by Gasteiger charge is 2.50. The van der Waals surface area contributed by atoms with E-state index in [1.54, 1.807) is 20.8 Å². The Balaban J connectivity index is 2.14. The third-order valence-corrected chi connectivity index (χ3v) is 10.1. The van der Waals surface area contributed by atoms with Gasteiger partial charge in [0, 0.05) is 13.2 Å². The number of ether oxygens (including phenoxy) is 1. The Hall–Kier alpha value is -2.15. The summed E-state index contributed by atoms with van der Waals surface area (Å²) in [5.41, 5.74) is -0.568. The average Bonchev–Trinajstić information content (AvgIpc) is 2.69. The SMILES string of the molecule is CC(C)(C)OC(=O)NCC(O)CCO[Si](c1ccccc1)(c1ccccc1)C(C)(C)C. The van der Waals surface area contributed by atoms with Gasteiger partial charge in [0.1, 0.15) is 5.60 Å². The summed E-state index contributed by atoms with van der Waals surface area (Å²) in [5.74, 6) is 0. The molecule has 0 aliphatic carbocycles. The van der Waals surface area contributed by atoms with Crippen LogP contribution in [0.25, 0.3) is 0 Å². The number of nitrogens with one attached hydrogen (secondary N) is 1. The highest BCUT2D eigenvalue weighted by atomic mass is 28.4. The van der Waals surface area contributed by atoms with Gasteiger partial charge in [-0.25, -0.2) is 4.79 Å². The van der Waals surface area contributed by atoms with E-state index in [2.05, 4.69) is 74.6 Å². The summed E-state index contributed by atoms with van der Waals surface area (Å²) < 4.78 is 12.0. The van der Waals surface area contributed by atoms with Gasteiger partial charge in [0.15, 0.2) is 0 Å². The first-order valence-electron chi connectivity index (χ1n) is 10.9. The first kappa shape index (κ1) is 25.1. The van der Waals surface area contributed by atoms with Gasteiger partial charge in [-0.1, -0.05) is 81.4 Å². The van der Waals surface area contributed by atoms with Crippen molar-refractivity contribution >= 4 is 24.8 Å². The van der Waals surface area contributed by atoms with Crippen LogP contribution in [-0.2, 0) is 9.16 Å². The summed E-state index contributed by atoms with van der Waals surface area (Å²) in [6, 6.07) is 20.8. The van der Waals surface area contributed by atoms with E-state index in [1.165, 1.54) is 10.4 Å². The minimum atomic E-state index is -2.62. The van der Waals surface area contributed by atoms with Crippen molar-refractivity contribution in [3.05, 3.63) is 60.7 Å². The number of aliphatic hydroxyl groups excluding tert-OH is 1. The van der Waals surface area contributed by atoms with Crippen LogP contribution in [0.5, 0.6) is 0 Å². The molecule has 2 rings (SSSR count). The Morgan fingerprint density at radius 2 is 1.42 bits per heavy atom. The summed E-state index contributed by atoms with van der Waals surface area (Å²) in [5, 5.41) is 15.3. The Kier molecular flexibility index (Phi) is 8.46. The first-order valence-corrected chi connectivity index (χ1v) is 12.8. The van der Waals surface area contributed by atoms with Crippen molar-refractivity contribution in [2.45, 2.75) is 64.7 Å². The minimum absolute atomic E-state index is 0.116. The molecule has 0 spiro atoms. The zero-order valence-electron chi connectivity index (χ0n) is 19.6. The summed E-state index contributed by atoms with van der Waals surface area (Å²) in [6.45, 7) is 12.6. The zero-order valence-corrected chi connectivity index (χ0v) is 20.6. The average molecular weight is 444 g/mol. The van der Waals surface area contributed by atoms with Crippen molar-refractivity contribution in [2.75, 3.05) is 13.2 Å². The van der Waals surface area contributed by atoms with Crippen LogP contribution in [-0.4, -0.2) is 44.4 Å². The van der Waals surface area contributed by atoms with Gasteiger partial charge >= 0.3 is 6.09 Å². The van der Waals surface area contributed by atoms with Crippen molar-refractivity contribution in [1.82, 2.24) is 5.32 Å². The van der Waals surface area contributed by atoms with Crippen LogP contribution in [0.1, 0.15) is 48.0 Å². The lowest BCUT2D eigenvalue weighted by Crippen LogP contribution is -2.66. The number of aliphatic hydroxyl groups is 1. The minimum Gasteiger partial charge on any atom is -0.444 e. The van der Waals surface area contributed by atoms with E-state index >= 15 is 0 Å². The van der Waals surface area contributed by atoms with Crippen LogP contribution < -0.4 is 15.7 Å². The maximum absolute atomic E-state index is 11.8. The topological polar surface area (TPSA) is 67.8 Å². The summed E-state index contributed by atoms with van der Waals surface area (Å²) in [6.07, 6.45) is -0.828. The fraction of sp³-hybridized carbons (Fsp3) is 0.480. The van der Waals surface area contributed by atoms with Crippen molar-refractivity contribution < 1.29 is 19.1 Å². The molecule has 1 unspecified atom stereocenters. The van der Waals surface area contributed by atoms with Crippen LogP contribution in [0.15, 0.2) is 60.7 Å². The van der Waals surface area contributed by atoms with E-state index < -0.39 is 26.1 Å². The quantitative estimate of drug-likeness (QED) is 0.609. The number of rotatable bonds is 8. The lowest BCUT2D eigenvalue weighted by Gasteiger charge is -2.43. The zero-order chi connectivity index (χ0) is 23.1. The predicted molar refractivity (Wildman–Crippen MR) is 128 cm³/mol. The lowest BCUT2D eigenvalue weighted by atomic mass is 10.2. The van der Waals surface area contributed by atoms with Gasteiger partial charge < -0.3 is 19.6 Å². The number of alkyl carbamates (subject to hydrolysis) is 1. The molecule has 2 N–H and O–H groups in total.